The van der Waals surface area contributed by atoms with Gasteiger partial charge in [0.2, 0.25) is 11.7 Å². The lowest BCUT2D eigenvalue weighted by atomic mass is 10.1. The lowest BCUT2D eigenvalue weighted by Gasteiger charge is -2.24. The van der Waals surface area contributed by atoms with Gasteiger partial charge in [0.1, 0.15) is 11.6 Å². The van der Waals surface area contributed by atoms with Crippen LogP contribution in [-0.4, -0.2) is 44.0 Å². The molecule has 3 aromatic rings. The molecule has 0 aliphatic carbocycles. The highest BCUT2D eigenvalue weighted by Crippen LogP contribution is 2.23. The second-order valence-electron chi connectivity index (χ2n) is 7.11. The van der Waals surface area contributed by atoms with Crippen LogP contribution < -0.4 is 10.6 Å². The van der Waals surface area contributed by atoms with Gasteiger partial charge in [-0.05, 0) is 51.0 Å². The zero-order chi connectivity index (χ0) is 20.9. The average Bonchev–Trinajstić information content (AvgIpc) is 3.35. The highest BCUT2D eigenvalue weighted by molar-refractivity contribution is 14.0. The van der Waals surface area contributed by atoms with E-state index in [1.807, 2.05) is 30.7 Å². The van der Waals surface area contributed by atoms with E-state index in [1.54, 1.807) is 12.1 Å². The maximum Gasteiger partial charge on any atom is 0.228 e. The number of hydrogen-bond acceptors (Lipinski definition) is 6. The summed E-state index contributed by atoms with van der Waals surface area (Å²) in [6.45, 7) is 6.17. The van der Waals surface area contributed by atoms with Crippen LogP contribution >= 0.6 is 35.6 Å². The van der Waals surface area contributed by atoms with E-state index in [0.717, 1.165) is 49.1 Å². The van der Waals surface area contributed by atoms with Gasteiger partial charge in [-0.3, -0.25) is 4.99 Å². The van der Waals surface area contributed by atoms with Gasteiger partial charge in [0.25, 0.3) is 0 Å². The van der Waals surface area contributed by atoms with E-state index < -0.39 is 0 Å². The van der Waals surface area contributed by atoms with E-state index in [-0.39, 0.29) is 30.0 Å². The average molecular weight is 557 g/mol. The van der Waals surface area contributed by atoms with Gasteiger partial charge in [0.15, 0.2) is 5.96 Å². The first-order valence-corrected chi connectivity index (χ1v) is 10.5. The summed E-state index contributed by atoms with van der Waals surface area (Å²) < 4.78 is 7.35. The molecule has 1 aliphatic rings. The highest BCUT2D eigenvalue weighted by atomic mass is 127. The molecule has 0 saturated heterocycles. The molecule has 0 spiro atoms. The second kappa shape index (κ2) is 10.9. The van der Waals surface area contributed by atoms with Crippen molar-refractivity contribution in [1.82, 2.24) is 35.5 Å². The first-order valence-electron chi connectivity index (χ1n) is 10.2. The summed E-state index contributed by atoms with van der Waals surface area (Å²) in [7, 11) is 0. The van der Waals surface area contributed by atoms with Crippen molar-refractivity contribution in [2.45, 2.75) is 45.7 Å². The van der Waals surface area contributed by atoms with Gasteiger partial charge in [-0.1, -0.05) is 16.8 Å². The first kappa shape index (κ1) is 23.5. The lowest BCUT2D eigenvalue weighted by molar-refractivity contribution is 0.380. The number of aliphatic imine (C=N–C) groups is 1. The molecular formula is C20H26ClIN8O. The topological polar surface area (TPSA) is 106 Å². The fraction of sp³-hybridized carbons (Fsp3) is 0.450. The number of rotatable bonds is 6. The molecule has 1 aliphatic heterocycles. The van der Waals surface area contributed by atoms with Gasteiger partial charge in [-0.25, -0.2) is 9.67 Å². The number of nitrogens with one attached hydrogen (secondary N) is 2. The number of halogens is 2. The zero-order valence-electron chi connectivity index (χ0n) is 17.5. The van der Waals surface area contributed by atoms with Gasteiger partial charge in [-0.2, -0.15) is 10.1 Å². The van der Waals surface area contributed by atoms with E-state index in [0.29, 0.717) is 29.7 Å². The van der Waals surface area contributed by atoms with E-state index >= 15 is 0 Å². The van der Waals surface area contributed by atoms with Crippen LogP contribution in [0.1, 0.15) is 43.3 Å². The van der Waals surface area contributed by atoms with Crippen molar-refractivity contribution < 1.29 is 4.52 Å². The number of guanidine groups is 1. The normalized spacial score (nSPS) is 15.8. The molecule has 1 atom stereocenters. The first-order chi connectivity index (χ1) is 14.6. The maximum absolute atomic E-state index is 5.93. The number of nitrogens with zero attached hydrogens (tertiary/aromatic N) is 6. The summed E-state index contributed by atoms with van der Waals surface area (Å²) in [4.78, 5) is 13.7. The Bertz CT molecular complexity index is 1020. The van der Waals surface area contributed by atoms with Gasteiger partial charge in [0, 0.05) is 30.1 Å². The van der Waals surface area contributed by atoms with Crippen LogP contribution in [0.15, 0.2) is 33.8 Å². The Balaban J connectivity index is 0.00000272. The number of aryl methyl sites for hydroxylation is 2. The minimum Gasteiger partial charge on any atom is -0.357 e. The third-order valence-electron chi connectivity index (χ3n) is 4.80. The molecule has 11 heteroatoms. The lowest BCUT2D eigenvalue weighted by Crippen LogP contribution is -2.41. The quantitative estimate of drug-likeness (QED) is 0.272. The van der Waals surface area contributed by atoms with Gasteiger partial charge in [0.05, 0.1) is 12.6 Å². The van der Waals surface area contributed by atoms with Crippen LogP contribution in [0.2, 0.25) is 5.02 Å². The molecule has 4 rings (SSSR count). The Labute approximate surface area is 203 Å². The molecule has 0 fully saturated rings. The van der Waals surface area contributed by atoms with Crippen molar-refractivity contribution in [1.29, 1.82) is 0 Å². The van der Waals surface area contributed by atoms with Crippen molar-refractivity contribution in [3.63, 3.8) is 0 Å². The van der Waals surface area contributed by atoms with Crippen molar-refractivity contribution in [2.24, 2.45) is 4.99 Å². The summed E-state index contributed by atoms with van der Waals surface area (Å²) >= 11 is 5.93. The molecule has 0 radical (unpaired) electrons. The minimum absolute atomic E-state index is 0. The van der Waals surface area contributed by atoms with Crippen LogP contribution in [0, 0.1) is 6.92 Å². The van der Waals surface area contributed by atoms with Gasteiger partial charge < -0.3 is 15.2 Å². The third-order valence-corrected chi connectivity index (χ3v) is 5.05. The predicted molar refractivity (Wildman–Crippen MR) is 130 cm³/mol. The Hall–Kier alpha value is -2.21. The molecule has 1 aromatic carbocycles. The smallest absolute Gasteiger partial charge is 0.228 e. The Morgan fingerprint density at radius 2 is 2.10 bits per heavy atom. The van der Waals surface area contributed by atoms with E-state index in [4.69, 9.17) is 16.1 Å². The molecule has 0 bridgehead atoms. The molecule has 166 valence electrons. The fourth-order valence-corrected chi connectivity index (χ4v) is 3.55. The summed E-state index contributed by atoms with van der Waals surface area (Å²) in [6, 6.07) is 7.44. The molecule has 0 amide bonds. The number of hydrogen-bond donors (Lipinski definition) is 2. The number of fused-ring (bicyclic) bond motifs is 1. The molecule has 2 N–H and O–H groups in total. The van der Waals surface area contributed by atoms with Gasteiger partial charge >= 0.3 is 0 Å². The molecule has 1 unspecified atom stereocenters. The summed E-state index contributed by atoms with van der Waals surface area (Å²) in [6.07, 6.45) is 2.61. The van der Waals surface area contributed by atoms with Gasteiger partial charge in [-0.15, -0.1) is 24.0 Å². The van der Waals surface area contributed by atoms with Crippen molar-refractivity contribution in [3.05, 3.63) is 46.8 Å². The molecule has 0 saturated carbocycles. The highest BCUT2D eigenvalue weighted by Gasteiger charge is 2.24. The van der Waals surface area contributed by atoms with Crippen LogP contribution in [0.25, 0.3) is 11.4 Å². The second-order valence-corrected chi connectivity index (χ2v) is 7.55. The molecule has 2 aromatic heterocycles. The van der Waals surface area contributed by atoms with Crippen LogP contribution in [-0.2, 0) is 13.0 Å². The molecular weight excluding hydrogens is 531 g/mol. The van der Waals surface area contributed by atoms with Crippen LogP contribution in [0.3, 0.4) is 0 Å². The van der Waals surface area contributed by atoms with Crippen molar-refractivity contribution >= 4 is 41.5 Å². The van der Waals surface area contributed by atoms with Crippen LogP contribution in [0.4, 0.5) is 0 Å². The SMILES string of the molecule is CCNC(=NCCc1nc(-c2ccc(Cl)cc2)no1)NC1CCCn2nc(C)nc21.I. The fourth-order valence-electron chi connectivity index (χ4n) is 3.43. The van der Waals surface area contributed by atoms with Crippen LogP contribution in [0.5, 0.6) is 0 Å². The van der Waals surface area contributed by atoms with E-state index in [9.17, 15) is 0 Å². The minimum atomic E-state index is 0. The predicted octanol–water partition coefficient (Wildman–Crippen LogP) is 3.54. The van der Waals surface area contributed by atoms with Crippen molar-refractivity contribution in [2.75, 3.05) is 13.1 Å². The number of benzene rings is 1. The molecule has 3 heterocycles. The van der Waals surface area contributed by atoms with E-state index in [1.165, 1.54) is 0 Å². The standard InChI is InChI=1S/C20H25ClN8O.HI/c1-3-22-20(25-16-5-4-12-29-19(16)24-13(2)27-29)23-11-10-17-26-18(28-30-17)14-6-8-15(21)9-7-14;/h6-9,16H,3-5,10-12H2,1-2H3,(H2,22,23,25);1H. The third kappa shape index (κ3) is 5.94. The Morgan fingerprint density at radius 3 is 2.87 bits per heavy atom. The molecule has 31 heavy (non-hydrogen) atoms. The summed E-state index contributed by atoms with van der Waals surface area (Å²) in [5.74, 6) is 3.61. The summed E-state index contributed by atoms with van der Waals surface area (Å²) in [5.41, 5.74) is 0.865. The monoisotopic (exact) mass is 556 g/mol. The van der Waals surface area contributed by atoms with E-state index in [2.05, 4.69) is 35.8 Å². The maximum atomic E-state index is 5.93. The zero-order valence-corrected chi connectivity index (χ0v) is 20.6. The largest absolute Gasteiger partial charge is 0.357 e. The van der Waals surface area contributed by atoms with Crippen molar-refractivity contribution in [3.8, 4) is 11.4 Å². The number of aromatic nitrogens is 5. The molecule has 9 nitrogen and oxygen atoms in total. The Kier molecular flexibility index (Phi) is 8.24. The Morgan fingerprint density at radius 1 is 1.29 bits per heavy atom. The summed E-state index contributed by atoms with van der Waals surface area (Å²) in [5, 5.41) is 16.0.